The number of aliphatic imine (C=N–C) groups is 3. The van der Waals surface area contributed by atoms with E-state index in [1.165, 1.54) is 11.8 Å². The smallest absolute Gasteiger partial charge is 0.317 e. The zero-order valence-electron chi connectivity index (χ0n) is 68.2. The van der Waals surface area contributed by atoms with Crippen molar-refractivity contribution in [1.82, 2.24) is 65.4 Å². The number of hydrogen-bond donors (Lipinski definition) is 10. The molecule has 632 valence electrons. The number of ketones is 2. The Balaban J connectivity index is 0.999. The predicted octanol–water partition coefficient (Wildman–Crippen LogP) is 2.41. The molecule has 34 heteroatoms. The van der Waals surface area contributed by atoms with Gasteiger partial charge in [-0.3, -0.25) is 91.9 Å². The average molecular weight is 1610 g/mol. The molecule has 7 heterocycles. The summed E-state index contributed by atoms with van der Waals surface area (Å²) in [6.45, 7) is 17.5. The van der Waals surface area contributed by atoms with Gasteiger partial charge in [0.1, 0.15) is 11.5 Å². The maximum absolute atomic E-state index is 15.1. The van der Waals surface area contributed by atoms with Crippen molar-refractivity contribution in [2.45, 2.75) is 126 Å². The third-order valence-electron chi connectivity index (χ3n) is 22.2. The fraction of sp³-hybridized carbons (Fsp3) is 0.630. The number of allylic oxidation sites excluding steroid dienone is 11. The summed E-state index contributed by atoms with van der Waals surface area (Å²) in [5.74, 6) is -8.40. The average Bonchev–Trinajstić information content (AvgIpc) is 1.58. The lowest BCUT2D eigenvalue weighted by Gasteiger charge is -2.33. The number of carboxylic acids is 5. The molecule has 10 N–H and O–H groups in total. The number of carboxylic acid groups (broad SMARTS) is 5. The molecule has 1 aliphatic carbocycles. The number of unbranched alkanes of at least 4 members (excludes halogenated alkanes) is 3. The third-order valence-corrected chi connectivity index (χ3v) is 22.2. The second kappa shape index (κ2) is 44.7. The molecule has 7 aliphatic heterocycles. The van der Waals surface area contributed by atoms with E-state index < -0.39 is 78.3 Å². The summed E-state index contributed by atoms with van der Waals surface area (Å²) in [5, 5.41) is 72.7. The number of Topliss-reactive ketones (excluding diaryl/α,β-unsaturated/α-hetero) is 2. The summed E-state index contributed by atoms with van der Waals surface area (Å²) in [5.41, 5.74) is 12.0. The third kappa shape index (κ3) is 28.0. The fourth-order valence-corrected chi connectivity index (χ4v) is 15.8. The van der Waals surface area contributed by atoms with Crippen molar-refractivity contribution in [1.29, 1.82) is 0 Å². The first-order valence-electron chi connectivity index (χ1n) is 40.4. The van der Waals surface area contributed by atoms with Gasteiger partial charge in [-0.05, 0) is 101 Å². The van der Waals surface area contributed by atoms with E-state index in [2.05, 4.69) is 55.9 Å². The van der Waals surface area contributed by atoms with Crippen molar-refractivity contribution < 1.29 is 88.1 Å². The van der Waals surface area contributed by atoms with Crippen LogP contribution in [0.3, 0.4) is 0 Å². The highest BCUT2D eigenvalue weighted by atomic mass is 16.5. The van der Waals surface area contributed by atoms with Crippen LogP contribution in [0.15, 0.2) is 106 Å². The predicted molar refractivity (Wildman–Crippen MR) is 431 cm³/mol. The van der Waals surface area contributed by atoms with Gasteiger partial charge in [0.15, 0.2) is 5.78 Å². The van der Waals surface area contributed by atoms with Crippen LogP contribution in [0, 0.1) is 11.8 Å². The molecule has 1 unspecified atom stereocenters. The number of carbonyl (C=O) groups is 11. The first kappa shape index (κ1) is 91.3. The molecule has 34 nitrogen and oxygen atoms in total. The van der Waals surface area contributed by atoms with Crippen molar-refractivity contribution in [3.63, 3.8) is 0 Å². The van der Waals surface area contributed by atoms with Crippen LogP contribution in [0.5, 0.6) is 0 Å². The molecule has 0 aromatic carbocycles. The summed E-state index contributed by atoms with van der Waals surface area (Å²) in [6, 6.07) is 0. The van der Waals surface area contributed by atoms with Crippen molar-refractivity contribution in [3.05, 3.63) is 91.5 Å². The summed E-state index contributed by atoms with van der Waals surface area (Å²) in [4.78, 5) is 173. The zero-order valence-corrected chi connectivity index (χ0v) is 68.2. The summed E-state index contributed by atoms with van der Waals surface area (Å²) in [7, 11) is 0. The van der Waals surface area contributed by atoms with E-state index in [-0.39, 0.29) is 206 Å². The van der Waals surface area contributed by atoms with E-state index in [1.54, 1.807) is 29.4 Å². The van der Waals surface area contributed by atoms with Gasteiger partial charge in [0, 0.05) is 190 Å². The number of aliphatic hydroxyl groups is 1. The van der Waals surface area contributed by atoms with Crippen LogP contribution in [0.1, 0.15) is 120 Å². The molecule has 4 amide bonds. The minimum atomic E-state index is -1.10. The Hall–Kier alpha value is -9.26. The molecule has 0 saturated carbocycles. The molecule has 0 aromatic rings. The van der Waals surface area contributed by atoms with E-state index in [0.29, 0.717) is 56.2 Å². The normalized spacial score (nSPS) is 20.7. The van der Waals surface area contributed by atoms with Gasteiger partial charge in [0.05, 0.1) is 106 Å². The molecular formula is C81H120N16O18. The van der Waals surface area contributed by atoms with Crippen LogP contribution in [0.2, 0.25) is 0 Å². The van der Waals surface area contributed by atoms with Crippen LogP contribution in [0.4, 0.5) is 0 Å². The Labute approximate surface area is 673 Å². The van der Waals surface area contributed by atoms with Gasteiger partial charge >= 0.3 is 29.8 Å². The topological polar surface area (TPSA) is 433 Å². The number of nitrogens with zero attached hydrogens (tertiary/aromatic N) is 12. The lowest BCUT2D eigenvalue weighted by Crippen LogP contribution is -2.50. The SMILES string of the molecule is CCCCCCO[C@@H](C)C1=C(C)C2=NC1=CC1=NC(=CC3=C(C)C4=C(O)CC(=C5NC(=C2)C(C)[C@@H]5CCC(=O)N(CC(=O)CCCNC(=O)CN2CCN(CC(=O)O)CCN(CC(C)=O)CCN(CC(=O)O)CC2)CC(=O)NCCNC(=O)CN2CCN(CC(=O)O)CCN(CC(=O)O)CCN(CC(=O)O)CC2)C4=N3)C(CC)=C1C. The van der Waals surface area contributed by atoms with Crippen LogP contribution >= 0.6 is 0 Å². The molecule has 0 aromatic heterocycles. The highest BCUT2D eigenvalue weighted by Crippen LogP contribution is 2.47. The molecular weight excluding hydrogens is 1480 g/mol. The Morgan fingerprint density at radius 1 is 0.539 bits per heavy atom. The summed E-state index contributed by atoms with van der Waals surface area (Å²) in [6.07, 6.45) is 10.9. The molecule has 8 bridgehead atoms. The van der Waals surface area contributed by atoms with Crippen molar-refractivity contribution >= 4 is 82.2 Å². The van der Waals surface area contributed by atoms with Crippen molar-refractivity contribution in [2.75, 3.05) is 196 Å². The molecule has 3 atom stereocenters. The highest BCUT2D eigenvalue weighted by Gasteiger charge is 2.42. The van der Waals surface area contributed by atoms with E-state index in [1.807, 2.05) is 41.9 Å². The first-order valence-corrected chi connectivity index (χ1v) is 40.4. The number of nitrogens with one attached hydrogen (secondary N) is 4. The monoisotopic (exact) mass is 1600 g/mol. The molecule has 0 radical (unpaired) electrons. The number of fused-ring (bicyclic) bond motifs is 5. The molecule has 3 saturated heterocycles. The van der Waals surface area contributed by atoms with Gasteiger partial charge in [-0.25, -0.2) is 15.0 Å². The second-order valence-corrected chi connectivity index (χ2v) is 31.0. The van der Waals surface area contributed by atoms with Gasteiger partial charge in [-0.2, -0.15) is 0 Å². The van der Waals surface area contributed by atoms with Crippen LogP contribution < -0.4 is 21.3 Å². The Kier molecular flexibility index (Phi) is 35.5. The van der Waals surface area contributed by atoms with Gasteiger partial charge in [0.2, 0.25) is 23.6 Å². The largest absolute Gasteiger partial charge is 0.511 e. The molecule has 3 fully saturated rings. The fourth-order valence-electron chi connectivity index (χ4n) is 15.8. The standard InChI is InChI=1S/C81H120N16O18/c1-9-11-12-13-37-115-57(8)78-55(6)64-39-63-54(5)60(80(87-63)61-38-68(100)79-56(7)65(88-81(61)79)40-66-59(10-2)53(4)62(85-66)41-67(78)86-64)16-17-72(104)97(43-58(99)15-14-18-82-69(101)44-90-23-29-92(47-73(105)106)27-21-89(42-52(3)98)22-28-93(30-24-90)48-74(107)108)46-71(103)84-20-19-83-70(102)45-91-25-31-94(49-75(109)110)33-35-96(51-77(113)114)36-34-95(32-26-91)50-76(111)112/h39-41,54,57,60,87,100H,9-38,42-51H2,1-8H3,(H,82,101)(H,83,102)(H,84,103)(H,105,106)(H,107,108)(H,109,110)(H,111,112)(H,113,114)/t54?,57-,60-/m0/s1. The van der Waals surface area contributed by atoms with Crippen LogP contribution in [-0.4, -0.2) is 359 Å². The van der Waals surface area contributed by atoms with E-state index >= 15 is 4.79 Å². The van der Waals surface area contributed by atoms with Crippen LogP contribution in [0.25, 0.3) is 0 Å². The minimum Gasteiger partial charge on any atom is -0.511 e. The Morgan fingerprint density at radius 2 is 1.00 bits per heavy atom. The lowest BCUT2D eigenvalue weighted by molar-refractivity contribution is -0.140. The number of hydrogen-bond acceptors (Lipinski definition) is 25. The molecule has 8 rings (SSSR count). The first-order chi connectivity index (χ1) is 54.9. The maximum atomic E-state index is 15.1. The van der Waals surface area contributed by atoms with E-state index in [0.717, 1.165) is 93.3 Å². The second-order valence-electron chi connectivity index (χ2n) is 31.0. The summed E-state index contributed by atoms with van der Waals surface area (Å²) < 4.78 is 6.57. The molecule has 115 heavy (non-hydrogen) atoms. The number of rotatable bonds is 38. The Morgan fingerprint density at radius 3 is 1.48 bits per heavy atom. The van der Waals surface area contributed by atoms with E-state index in [4.69, 9.17) is 19.7 Å². The number of ether oxygens (including phenoxy) is 1. The maximum Gasteiger partial charge on any atom is 0.317 e. The zero-order chi connectivity index (χ0) is 83.6. The molecule has 0 spiro atoms. The lowest BCUT2D eigenvalue weighted by atomic mass is 9.86. The van der Waals surface area contributed by atoms with Gasteiger partial charge in [-0.15, -0.1) is 0 Å². The van der Waals surface area contributed by atoms with Gasteiger partial charge in [-0.1, -0.05) is 40.0 Å². The number of amides is 4. The quantitative estimate of drug-likeness (QED) is 0.0397. The summed E-state index contributed by atoms with van der Waals surface area (Å²) >= 11 is 0. The van der Waals surface area contributed by atoms with Crippen molar-refractivity contribution in [2.24, 2.45) is 26.8 Å². The Bertz CT molecular complexity index is 3810. The van der Waals surface area contributed by atoms with Gasteiger partial charge in [0.25, 0.3) is 0 Å². The van der Waals surface area contributed by atoms with E-state index in [9.17, 15) is 78.6 Å². The number of carbonyl (C=O) groups excluding carboxylic acids is 6. The number of aliphatic carboxylic acids is 5. The van der Waals surface area contributed by atoms with Crippen LogP contribution in [-0.2, 0) is 57.5 Å². The van der Waals surface area contributed by atoms with Gasteiger partial charge < -0.3 is 61.5 Å². The van der Waals surface area contributed by atoms with Crippen molar-refractivity contribution in [3.8, 4) is 0 Å². The highest BCUT2D eigenvalue weighted by molar-refractivity contribution is 6.21. The molecule has 8 aliphatic rings. The minimum absolute atomic E-state index is 0.0448. The number of aliphatic hydroxyl groups excluding tert-OH is 1.